The molecule has 1 atom stereocenters. The van der Waals surface area contributed by atoms with Gasteiger partial charge in [0, 0.05) is 32.3 Å². The van der Waals surface area contributed by atoms with E-state index in [0.29, 0.717) is 18.6 Å². The minimum absolute atomic E-state index is 0.522. The quantitative estimate of drug-likeness (QED) is 0.547. The molecule has 0 radical (unpaired) electrons. The van der Waals surface area contributed by atoms with Gasteiger partial charge in [-0.05, 0) is 5.92 Å². The Hall–Kier alpha value is -0.160. The fourth-order valence-corrected chi connectivity index (χ4v) is 1.73. The minimum atomic E-state index is 0.522. The van der Waals surface area contributed by atoms with Gasteiger partial charge in [-0.3, -0.25) is 10.7 Å². The van der Waals surface area contributed by atoms with Gasteiger partial charge < -0.3 is 5.73 Å². The molecule has 0 aromatic rings. The van der Waals surface area contributed by atoms with Gasteiger partial charge in [0.25, 0.3) is 0 Å². The average Bonchev–Trinajstić information content (AvgIpc) is 2.04. The van der Waals surface area contributed by atoms with E-state index in [1.54, 1.807) is 0 Å². The Morgan fingerprint density at radius 1 is 1.42 bits per heavy atom. The van der Waals surface area contributed by atoms with Crippen molar-refractivity contribution in [2.75, 3.05) is 26.3 Å². The first kappa shape index (κ1) is 9.92. The highest BCUT2D eigenvalue weighted by atomic mass is 15.4. The molecule has 0 bridgehead atoms. The summed E-state index contributed by atoms with van der Waals surface area (Å²) in [5, 5.41) is 1.89. The van der Waals surface area contributed by atoms with Crippen molar-refractivity contribution in [1.82, 2.24) is 9.91 Å². The van der Waals surface area contributed by atoms with E-state index < -0.39 is 0 Å². The van der Waals surface area contributed by atoms with E-state index in [4.69, 9.17) is 11.6 Å². The van der Waals surface area contributed by atoms with Gasteiger partial charge in [-0.1, -0.05) is 13.8 Å². The Morgan fingerprint density at radius 2 is 2.08 bits per heavy atom. The van der Waals surface area contributed by atoms with Crippen LogP contribution < -0.4 is 11.6 Å². The summed E-state index contributed by atoms with van der Waals surface area (Å²) in [7, 11) is 0. The van der Waals surface area contributed by atoms with E-state index in [2.05, 4.69) is 18.7 Å². The van der Waals surface area contributed by atoms with E-state index in [9.17, 15) is 0 Å². The largest absolute Gasteiger partial charge is 0.318 e. The summed E-state index contributed by atoms with van der Waals surface area (Å²) in [4.78, 5) is 2.30. The van der Waals surface area contributed by atoms with Crippen molar-refractivity contribution in [1.29, 1.82) is 0 Å². The highest BCUT2D eigenvalue weighted by Crippen LogP contribution is 2.13. The zero-order valence-electron chi connectivity index (χ0n) is 8.03. The molecular formula is C8H20N4. The first-order chi connectivity index (χ1) is 5.65. The lowest BCUT2D eigenvalue weighted by Crippen LogP contribution is -2.58. The van der Waals surface area contributed by atoms with Crippen LogP contribution in [0.4, 0.5) is 0 Å². The van der Waals surface area contributed by atoms with E-state index in [1.807, 2.05) is 5.01 Å². The molecule has 1 aliphatic rings. The molecule has 0 amide bonds. The van der Waals surface area contributed by atoms with Gasteiger partial charge in [0.2, 0.25) is 0 Å². The summed E-state index contributed by atoms with van der Waals surface area (Å²) in [6.07, 6.45) is 0. The lowest BCUT2D eigenvalue weighted by Gasteiger charge is -2.40. The number of nitrogens with zero attached hydrogens (tertiary/aromatic N) is 2. The fraction of sp³-hybridized carbons (Fsp3) is 1.00. The van der Waals surface area contributed by atoms with Gasteiger partial charge in [-0.25, -0.2) is 5.01 Å². The van der Waals surface area contributed by atoms with Crippen molar-refractivity contribution in [3.8, 4) is 0 Å². The van der Waals surface area contributed by atoms with E-state index >= 15 is 0 Å². The van der Waals surface area contributed by atoms with E-state index in [1.165, 1.54) is 0 Å². The molecule has 4 nitrogen and oxygen atoms in total. The summed E-state index contributed by atoms with van der Waals surface area (Å²) >= 11 is 0. The zero-order chi connectivity index (χ0) is 9.14. The Morgan fingerprint density at radius 3 is 2.58 bits per heavy atom. The van der Waals surface area contributed by atoms with Crippen molar-refractivity contribution in [2.24, 2.45) is 17.5 Å². The summed E-state index contributed by atoms with van der Waals surface area (Å²) in [6, 6.07) is 0.522. The van der Waals surface area contributed by atoms with Gasteiger partial charge >= 0.3 is 0 Å². The van der Waals surface area contributed by atoms with Crippen LogP contribution in [-0.4, -0.2) is 42.3 Å². The fourth-order valence-electron chi connectivity index (χ4n) is 1.73. The Labute approximate surface area is 74.5 Å². The second kappa shape index (κ2) is 4.18. The monoisotopic (exact) mass is 172 g/mol. The molecule has 12 heavy (non-hydrogen) atoms. The standard InChI is InChI=1S/C8H20N4/c1-7(2)8-5-12(10)4-3-11(8)6-9/h7-8H,3-6,9-10H2,1-2H3. The minimum Gasteiger partial charge on any atom is -0.318 e. The third kappa shape index (κ3) is 2.17. The number of nitrogens with two attached hydrogens (primary N) is 2. The molecule has 0 aliphatic carbocycles. The first-order valence-corrected chi connectivity index (χ1v) is 4.59. The maximum absolute atomic E-state index is 5.75. The molecular weight excluding hydrogens is 152 g/mol. The van der Waals surface area contributed by atoms with Crippen molar-refractivity contribution in [3.05, 3.63) is 0 Å². The zero-order valence-corrected chi connectivity index (χ0v) is 8.03. The number of rotatable bonds is 2. The van der Waals surface area contributed by atoms with Gasteiger partial charge in [-0.15, -0.1) is 0 Å². The maximum Gasteiger partial charge on any atom is 0.0459 e. The summed E-state index contributed by atoms with van der Waals surface area (Å²) < 4.78 is 0. The number of hydrogen-bond donors (Lipinski definition) is 2. The molecule has 1 rings (SSSR count). The van der Waals surface area contributed by atoms with Crippen LogP contribution in [-0.2, 0) is 0 Å². The van der Waals surface area contributed by atoms with E-state index in [-0.39, 0.29) is 0 Å². The highest BCUT2D eigenvalue weighted by Gasteiger charge is 2.26. The van der Waals surface area contributed by atoms with Crippen molar-refractivity contribution in [2.45, 2.75) is 19.9 Å². The third-order valence-corrected chi connectivity index (χ3v) is 2.57. The van der Waals surface area contributed by atoms with Gasteiger partial charge in [0.1, 0.15) is 0 Å². The Balaban J connectivity index is 2.52. The number of piperazine rings is 1. The predicted octanol–water partition coefficient (Wildman–Crippen LogP) is -0.581. The lowest BCUT2D eigenvalue weighted by atomic mass is 10.0. The summed E-state index contributed by atoms with van der Waals surface area (Å²) in [6.45, 7) is 7.95. The number of hydrogen-bond acceptors (Lipinski definition) is 4. The highest BCUT2D eigenvalue weighted by molar-refractivity contribution is 4.81. The molecule has 1 unspecified atom stereocenters. The normalized spacial score (nSPS) is 28.2. The van der Waals surface area contributed by atoms with Crippen molar-refractivity contribution in [3.63, 3.8) is 0 Å². The second-order valence-corrected chi connectivity index (χ2v) is 3.80. The number of hydrazine groups is 1. The summed E-state index contributed by atoms with van der Waals surface area (Å²) in [5.74, 6) is 6.37. The molecule has 0 spiro atoms. The van der Waals surface area contributed by atoms with Gasteiger partial charge in [0.15, 0.2) is 0 Å². The topological polar surface area (TPSA) is 58.5 Å². The van der Waals surface area contributed by atoms with Crippen LogP contribution in [0.25, 0.3) is 0 Å². The third-order valence-electron chi connectivity index (χ3n) is 2.57. The molecule has 1 aliphatic heterocycles. The van der Waals surface area contributed by atoms with Crippen LogP contribution in [0.15, 0.2) is 0 Å². The van der Waals surface area contributed by atoms with Crippen LogP contribution in [0, 0.1) is 5.92 Å². The SMILES string of the molecule is CC(C)C1CN(N)CCN1CN. The van der Waals surface area contributed by atoms with Crippen molar-refractivity contribution < 1.29 is 0 Å². The molecule has 0 aromatic heterocycles. The smallest absolute Gasteiger partial charge is 0.0459 e. The van der Waals surface area contributed by atoms with E-state index in [0.717, 1.165) is 19.6 Å². The maximum atomic E-state index is 5.75. The van der Waals surface area contributed by atoms with Crippen LogP contribution in [0.2, 0.25) is 0 Å². The molecule has 4 heteroatoms. The molecule has 0 aromatic carbocycles. The van der Waals surface area contributed by atoms with Gasteiger partial charge in [0.05, 0.1) is 0 Å². The van der Waals surface area contributed by atoms with Crippen LogP contribution >= 0.6 is 0 Å². The second-order valence-electron chi connectivity index (χ2n) is 3.80. The molecule has 4 N–H and O–H groups in total. The first-order valence-electron chi connectivity index (χ1n) is 4.59. The summed E-state index contributed by atoms with van der Waals surface area (Å²) in [5.41, 5.74) is 5.64. The van der Waals surface area contributed by atoms with Crippen LogP contribution in [0.3, 0.4) is 0 Å². The molecule has 72 valence electrons. The van der Waals surface area contributed by atoms with Crippen LogP contribution in [0.1, 0.15) is 13.8 Å². The molecule has 1 heterocycles. The molecule has 1 saturated heterocycles. The molecule has 1 fully saturated rings. The van der Waals surface area contributed by atoms with Gasteiger partial charge in [-0.2, -0.15) is 0 Å². The predicted molar refractivity (Wildman–Crippen MR) is 50.1 cm³/mol. The Kier molecular flexibility index (Phi) is 3.46. The van der Waals surface area contributed by atoms with Crippen molar-refractivity contribution >= 4 is 0 Å². The van der Waals surface area contributed by atoms with Crippen LogP contribution in [0.5, 0.6) is 0 Å². The molecule has 0 saturated carbocycles. The average molecular weight is 172 g/mol. The lowest BCUT2D eigenvalue weighted by molar-refractivity contribution is 0.0519. The Bertz CT molecular complexity index is 137.